The molecule has 2 N–H and O–H groups in total. The van der Waals surface area contributed by atoms with Gasteiger partial charge in [0.1, 0.15) is 5.82 Å². The zero-order valence-electron chi connectivity index (χ0n) is 18.4. The first-order valence-electron chi connectivity index (χ1n) is 11.4. The summed E-state index contributed by atoms with van der Waals surface area (Å²) in [4.78, 5) is 24.6. The molecule has 0 spiro atoms. The number of pyridine rings is 1. The maximum absolute atomic E-state index is 14.8. The summed E-state index contributed by atoms with van der Waals surface area (Å²) < 4.78 is 29.6. The van der Waals surface area contributed by atoms with E-state index in [0.717, 1.165) is 30.9 Å². The maximum Gasteiger partial charge on any atom is 0.304 e. The van der Waals surface area contributed by atoms with Crippen LogP contribution in [-0.4, -0.2) is 38.5 Å². The molecular formula is C25H28F2N4O2. The second-order valence-corrected chi connectivity index (χ2v) is 8.69. The molecule has 0 radical (unpaired) electrons. The maximum atomic E-state index is 14.8. The monoisotopic (exact) mass is 454 g/mol. The van der Waals surface area contributed by atoms with Gasteiger partial charge in [-0.3, -0.25) is 9.78 Å². The number of carboxylic acid groups (broad SMARTS) is 1. The van der Waals surface area contributed by atoms with E-state index in [1.165, 1.54) is 11.8 Å². The van der Waals surface area contributed by atoms with E-state index in [9.17, 15) is 18.7 Å². The lowest BCUT2D eigenvalue weighted by Crippen LogP contribution is -2.22. The number of hydrogen-bond acceptors (Lipinski definition) is 5. The van der Waals surface area contributed by atoms with Gasteiger partial charge < -0.3 is 10.4 Å². The van der Waals surface area contributed by atoms with Crippen LogP contribution in [0.25, 0.3) is 11.0 Å². The van der Waals surface area contributed by atoms with Gasteiger partial charge in [-0.15, -0.1) is 0 Å². The Morgan fingerprint density at radius 3 is 2.76 bits per heavy atom. The molecule has 3 heterocycles. The second kappa shape index (κ2) is 10.2. The molecule has 1 atom stereocenters. The normalized spacial score (nSPS) is 14.5. The molecule has 0 bridgehead atoms. The number of aromatic nitrogens is 3. The summed E-state index contributed by atoms with van der Waals surface area (Å²) in [6.45, 7) is 0.911. The van der Waals surface area contributed by atoms with Crippen LogP contribution >= 0.6 is 0 Å². The number of aliphatic carboxylic acids is 1. The number of nitrogens with one attached hydrogen (secondary N) is 1. The van der Waals surface area contributed by atoms with Crippen molar-refractivity contribution in [1.82, 2.24) is 15.0 Å². The zero-order valence-corrected chi connectivity index (χ0v) is 18.4. The first-order chi connectivity index (χ1) is 15.9. The second-order valence-electron chi connectivity index (χ2n) is 8.69. The third-order valence-corrected chi connectivity index (χ3v) is 6.03. The molecule has 0 aliphatic carbocycles. The highest BCUT2D eigenvalue weighted by Gasteiger charge is 2.34. The fourth-order valence-corrected chi connectivity index (χ4v) is 4.32. The highest BCUT2D eigenvalue weighted by molar-refractivity contribution is 5.74. The summed E-state index contributed by atoms with van der Waals surface area (Å²) in [6, 6.07) is 11.2. The number of alkyl halides is 2. The molecule has 2 aromatic heterocycles. The van der Waals surface area contributed by atoms with Crippen LogP contribution < -0.4 is 5.32 Å². The van der Waals surface area contributed by atoms with E-state index in [1.54, 1.807) is 18.2 Å². The van der Waals surface area contributed by atoms with Gasteiger partial charge in [-0.25, -0.2) is 18.7 Å². The number of carbonyl (C=O) groups is 1. The summed E-state index contributed by atoms with van der Waals surface area (Å²) in [6.07, 6.45) is 3.83. The van der Waals surface area contributed by atoms with Crippen LogP contribution in [0.1, 0.15) is 61.4 Å². The summed E-state index contributed by atoms with van der Waals surface area (Å²) in [5.41, 5.74) is 3.62. The number of carboxylic acids is 1. The van der Waals surface area contributed by atoms with E-state index in [2.05, 4.69) is 26.3 Å². The standard InChI is InChI=1S/C25H28F2N4O2/c26-25(27,12-4-3-7-19-11-10-17-6-5-13-28-24(17)30-19)15-18(14-23(32)33)22-16-29-20-8-1-2-9-21(20)31-22/h1-2,8-11,16,18H,3-7,12-15H2,(H,28,30)(H,32,33)/t18-/m0/s1. The van der Waals surface area contributed by atoms with Crippen LogP contribution in [0.2, 0.25) is 0 Å². The molecule has 1 aromatic carbocycles. The third-order valence-electron chi connectivity index (χ3n) is 6.03. The van der Waals surface area contributed by atoms with Crippen molar-refractivity contribution in [1.29, 1.82) is 0 Å². The highest BCUT2D eigenvalue weighted by atomic mass is 19.3. The first-order valence-corrected chi connectivity index (χ1v) is 11.4. The molecule has 33 heavy (non-hydrogen) atoms. The van der Waals surface area contributed by atoms with Crippen molar-refractivity contribution in [3.8, 4) is 0 Å². The lowest BCUT2D eigenvalue weighted by Gasteiger charge is -2.22. The molecule has 0 saturated carbocycles. The summed E-state index contributed by atoms with van der Waals surface area (Å²) in [7, 11) is 0. The van der Waals surface area contributed by atoms with Crippen molar-refractivity contribution in [3.05, 3.63) is 59.5 Å². The minimum absolute atomic E-state index is 0.293. The van der Waals surface area contributed by atoms with Crippen molar-refractivity contribution in [3.63, 3.8) is 0 Å². The van der Waals surface area contributed by atoms with Crippen molar-refractivity contribution < 1.29 is 18.7 Å². The molecule has 1 aliphatic rings. The Morgan fingerprint density at radius 2 is 1.94 bits per heavy atom. The Kier molecular flexibility index (Phi) is 7.11. The highest BCUT2D eigenvalue weighted by Crippen LogP contribution is 2.35. The predicted octanol–water partition coefficient (Wildman–Crippen LogP) is 5.38. The Hall–Kier alpha value is -3.16. The van der Waals surface area contributed by atoms with Crippen LogP contribution in [0, 0.1) is 0 Å². The van der Waals surface area contributed by atoms with Crippen molar-refractivity contribution >= 4 is 22.8 Å². The Balaban J connectivity index is 1.35. The number of halogens is 2. The van der Waals surface area contributed by atoms with Gasteiger partial charge in [0.15, 0.2) is 0 Å². The molecule has 8 heteroatoms. The number of anilines is 1. The molecule has 174 valence electrons. The van der Waals surface area contributed by atoms with E-state index < -0.39 is 30.7 Å². The number of hydrogen-bond donors (Lipinski definition) is 2. The van der Waals surface area contributed by atoms with E-state index in [1.807, 2.05) is 12.1 Å². The number of rotatable bonds is 10. The predicted molar refractivity (Wildman–Crippen MR) is 123 cm³/mol. The van der Waals surface area contributed by atoms with Gasteiger partial charge in [0.05, 0.1) is 23.1 Å². The number of benzene rings is 1. The van der Waals surface area contributed by atoms with Gasteiger partial charge in [-0.1, -0.05) is 18.2 Å². The number of fused-ring (bicyclic) bond motifs is 2. The summed E-state index contributed by atoms with van der Waals surface area (Å²) >= 11 is 0. The van der Waals surface area contributed by atoms with Gasteiger partial charge in [-0.2, -0.15) is 0 Å². The summed E-state index contributed by atoms with van der Waals surface area (Å²) in [5, 5.41) is 12.6. The molecule has 0 fully saturated rings. The van der Waals surface area contributed by atoms with Gasteiger partial charge in [-0.05, 0) is 55.9 Å². The van der Waals surface area contributed by atoms with Gasteiger partial charge in [0, 0.05) is 37.2 Å². The fraction of sp³-hybridized carbons (Fsp3) is 0.440. The quantitative estimate of drug-likeness (QED) is 0.400. The van der Waals surface area contributed by atoms with E-state index in [-0.39, 0.29) is 6.42 Å². The van der Waals surface area contributed by atoms with Crippen LogP contribution in [0.3, 0.4) is 0 Å². The van der Waals surface area contributed by atoms with Crippen molar-refractivity contribution in [2.75, 3.05) is 11.9 Å². The topological polar surface area (TPSA) is 88.0 Å². The van der Waals surface area contributed by atoms with E-state index in [4.69, 9.17) is 0 Å². The Labute approximate surface area is 191 Å². The molecule has 6 nitrogen and oxygen atoms in total. The third kappa shape index (κ3) is 6.21. The SMILES string of the molecule is O=C(O)C[C@@H](CC(F)(F)CCCCc1ccc2c(n1)NCCC2)c1cnc2ccccc2n1. The Morgan fingerprint density at radius 1 is 1.12 bits per heavy atom. The van der Waals surface area contributed by atoms with E-state index >= 15 is 0 Å². The zero-order chi connectivity index (χ0) is 23.3. The number of nitrogens with zero attached hydrogens (tertiary/aromatic N) is 3. The number of unbranched alkanes of at least 4 members (excludes halogenated alkanes) is 1. The molecular weight excluding hydrogens is 426 g/mol. The van der Waals surface area contributed by atoms with Crippen LogP contribution in [0.15, 0.2) is 42.6 Å². The first kappa shape index (κ1) is 23.0. The van der Waals surface area contributed by atoms with Crippen molar-refractivity contribution in [2.45, 2.75) is 63.2 Å². The molecule has 4 rings (SSSR count). The average Bonchev–Trinajstić information content (AvgIpc) is 2.80. The van der Waals surface area contributed by atoms with Crippen LogP contribution in [-0.2, 0) is 17.6 Å². The van der Waals surface area contributed by atoms with Crippen LogP contribution in [0.4, 0.5) is 14.6 Å². The molecule has 0 unspecified atom stereocenters. The number of aryl methyl sites for hydroxylation is 2. The lowest BCUT2D eigenvalue weighted by atomic mass is 9.91. The molecule has 0 saturated heterocycles. The summed E-state index contributed by atoms with van der Waals surface area (Å²) in [5.74, 6) is -4.10. The molecule has 3 aromatic rings. The Bertz CT molecular complexity index is 1120. The van der Waals surface area contributed by atoms with Crippen molar-refractivity contribution in [2.24, 2.45) is 0 Å². The molecule has 0 amide bonds. The van der Waals surface area contributed by atoms with Gasteiger partial charge in [0.25, 0.3) is 0 Å². The fourth-order valence-electron chi connectivity index (χ4n) is 4.32. The van der Waals surface area contributed by atoms with E-state index in [0.29, 0.717) is 36.0 Å². The van der Waals surface area contributed by atoms with Crippen LogP contribution in [0.5, 0.6) is 0 Å². The number of para-hydroxylation sites is 2. The minimum Gasteiger partial charge on any atom is -0.481 e. The minimum atomic E-state index is -2.99. The van der Waals surface area contributed by atoms with Gasteiger partial charge in [0.2, 0.25) is 5.92 Å². The largest absolute Gasteiger partial charge is 0.481 e. The molecule has 1 aliphatic heterocycles. The lowest BCUT2D eigenvalue weighted by molar-refractivity contribution is -0.138. The van der Waals surface area contributed by atoms with Gasteiger partial charge >= 0.3 is 5.97 Å². The average molecular weight is 455 g/mol. The smallest absolute Gasteiger partial charge is 0.304 e.